The van der Waals surface area contributed by atoms with Gasteiger partial charge >= 0.3 is 0 Å². The van der Waals surface area contributed by atoms with Crippen LogP contribution in [0.4, 0.5) is 0 Å². The average Bonchev–Trinajstić information content (AvgIpc) is 3.21. The molecule has 1 aliphatic heterocycles. The van der Waals surface area contributed by atoms with Crippen LogP contribution in [0.3, 0.4) is 0 Å². The van der Waals surface area contributed by atoms with E-state index in [1.54, 1.807) is 27.8 Å². The third-order valence-electron chi connectivity index (χ3n) is 16.7. The van der Waals surface area contributed by atoms with Crippen molar-refractivity contribution in [1.29, 1.82) is 0 Å². The molecule has 55 heavy (non-hydrogen) atoms. The van der Waals surface area contributed by atoms with E-state index >= 15 is 0 Å². The lowest BCUT2D eigenvalue weighted by Gasteiger charge is -2.48. The molecule has 0 radical (unpaired) electrons. The second-order valence-electron chi connectivity index (χ2n) is 20.7. The second-order valence-corrected chi connectivity index (χ2v) is 20.7. The molecule has 2 saturated carbocycles. The lowest BCUT2D eigenvalue weighted by molar-refractivity contribution is -0.766. The fourth-order valence-electron chi connectivity index (χ4n) is 14.3. The van der Waals surface area contributed by atoms with E-state index in [0.29, 0.717) is 0 Å². The molecule has 2 nitrogen and oxygen atoms in total. The van der Waals surface area contributed by atoms with Crippen LogP contribution < -0.4 is 9.13 Å². The molecule has 5 aliphatic carbocycles. The van der Waals surface area contributed by atoms with Gasteiger partial charge in [-0.25, -0.2) is 4.57 Å². The third kappa shape index (κ3) is 5.04. The number of rotatable bonds is 6. The molecule has 2 aromatic heterocycles. The van der Waals surface area contributed by atoms with Crippen molar-refractivity contribution < 1.29 is 9.13 Å². The first kappa shape index (κ1) is 35.6. The quantitative estimate of drug-likeness (QED) is 0.154. The van der Waals surface area contributed by atoms with Gasteiger partial charge in [0.1, 0.15) is 7.05 Å². The van der Waals surface area contributed by atoms with Crippen molar-refractivity contribution in [2.24, 2.45) is 18.9 Å². The van der Waals surface area contributed by atoms with Crippen LogP contribution in [0.15, 0.2) is 79.1 Å². The summed E-state index contributed by atoms with van der Waals surface area (Å²) in [6.07, 6.45) is 17.5. The molecule has 3 aromatic carbocycles. The molecule has 4 unspecified atom stereocenters. The standard InChI is InChI=1S/C53H64N2/c1-10-52(8)53(11-2,45-17-13-12-16-41(45)49-33(3)15-14-20-55(49)52)19-18-36-28-46-47(51(6,7)32-50(46,4)5)30-44(36)48-29-37-26-42-38-22-34-21-35(23-38)25-39(24-34)43(42)27-40(37)31-54(48)9/h12-17,20,26-31,34-35,38-39H,10-11,18-19,21-25,32H2,1-9H3/q+2. The molecule has 4 atom stereocenters. The summed E-state index contributed by atoms with van der Waals surface area (Å²) in [5, 5.41) is 2.86. The van der Waals surface area contributed by atoms with E-state index in [0.717, 1.165) is 49.4 Å². The van der Waals surface area contributed by atoms with Crippen LogP contribution in [0, 0.1) is 18.8 Å². The summed E-state index contributed by atoms with van der Waals surface area (Å²) in [4.78, 5) is 0. The number of nitrogens with zero attached hydrogens (tertiary/aromatic N) is 2. The van der Waals surface area contributed by atoms with Crippen LogP contribution in [-0.4, -0.2) is 0 Å². The smallest absolute Gasteiger partial charge is 0.200 e. The van der Waals surface area contributed by atoms with E-state index in [2.05, 4.69) is 151 Å². The molecule has 0 spiro atoms. The van der Waals surface area contributed by atoms with Crippen LogP contribution >= 0.6 is 0 Å². The van der Waals surface area contributed by atoms with Crippen LogP contribution in [0.25, 0.3) is 33.3 Å². The number of aromatic nitrogens is 2. The Bertz CT molecular complexity index is 2380. The van der Waals surface area contributed by atoms with Crippen LogP contribution in [0.1, 0.15) is 157 Å². The Kier molecular flexibility index (Phi) is 7.85. The molecule has 3 heterocycles. The van der Waals surface area contributed by atoms with Crippen molar-refractivity contribution in [2.75, 3.05) is 0 Å². The van der Waals surface area contributed by atoms with E-state index in [1.807, 2.05) is 0 Å². The van der Waals surface area contributed by atoms with Crippen molar-refractivity contribution >= 4 is 10.8 Å². The Labute approximate surface area is 331 Å². The molecule has 0 saturated heterocycles. The van der Waals surface area contributed by atoms with Gasteiger partial charge in [-0.2, -0.15) is 4.57 Å². The molecule has 5 aromatic rings. The maximum absolute atomic E-state index is 2.68. The molecule has 4 bridgehead atoms. The number of pyridine rings is 2. The molecule has 2 fully saturated rings. The van der Waals surface area contributed by atoms with Crippen LogP contribution in [-0.2, 0) is 35.3 Å². The first-order chi connectivity index (χ1) is 26.3. The minimum atomic E-state index is -0.0558. The van der Waals surface area contributed by atoms with Gasteiger partial charge in [0.25, 0.3) is 0 Å². The summed E-state index contributed by atoms with van der Waals surface area (Å²) in [5.74, 6) is 3.42. The topological polar surface area (TPSA) is 7.76 Å². The molecule has 6 aliphatic rings. The summed E-state index contributed by atoms with van der Waals surface area (Å²) >= 11 is 0. The number of hydrogen-bond donors (Lipinski definition) is 0. The van der Waals surface area contributed by atoms with E-state index < -0.39 is 0 Å². The minimum absolute atomic E-state index is 0.0173. The van der Waals surface area contributed by atoms with Crippen molar-refractivity contribution in [3.63, 3.8) is 0 Å². The van der Waals surface area contributed by atoms with Gasteiger partial charge < -0.3 is 0 Å². The third-order valence-corrected chi connectivity index (χ3v) is 16.7. The molecule has 284 valence electrons. The van der Waals surface area contributed by atoms with Crippen molar-refractivity contribution in [1.82, 2.24) is 0 Å². The van der Waals surface area contributed by atoms with E-state index in [-0.39, 0.29) is 21.8 Å². The Morgan fingerprint density at radius 2 is 1.33 bits per heavy atom. The zero-order valence-electron chi connectivity index (χ0n) is 35.3. The molecular formula is C53H64N2+2. The number of aryl methyl sites for hydroxylation is 3. The average molecular weight is 729 g/mol. The predicted octanol–water partition coefficient (Wildman–Crippen LogP) is 12.4. The van der Waals surface area contributed by atoms with Gasteiger partial charge in [0, 0.05) is 42.0 Å². The molecular weight excluding hydrogens is 665 g/mol. The van der Waals surface area contributed by atoms with Gasteiger partial charge in [-0.3, -0.25) is 0 Å². The predicted molar refractivity (Wildman–Crippen MR) is 228 cm³/mol. The van der Waals surface area contributed by atoms with Gasteiger partial charge in [-0.15, -0.1) is 0 Å². The fourth-order valence-corrected chi connectivity index (χ4v) is 14.3. The SMILES string of the molecule is CCC1(CCc2cc3c(cc2-c2cc4cc5c(cc4c[n+]2C)C2CC4CC(CC5C4)C2)C(C)(C)CC3(C)C)c2ccccc2-c2c(C)ccc[n+]2C1(C)CC. The summed E-state index contributed by atoms with van der Waals surface area (Å²) in [7, 11) is 2.31. The largest absolute Gasteiger partial charge is 0.216 e. The molecule has 0 N–H and O–H groups in total. The summed E-state index contributed by atoms with van der Waals surface area (Å²) < 4.78 is 5.15. The van der Waals surface area contributed by atoms with Gasteiger partial charge in [0.15, 0.2) is 17.9 Å². The maximum Gasteiger partial charge on any atom is 0.216 e. The Morgan fingerprint density at radius 3 is 2.00 bits per heavy atom. The highest BCUT2D eigenvalue weighted by Crippen LogP contribution is 2.58. The van der Waals surface area contributed by atoms with Crippen LogP contribution in [0.5, 0.6) is 0 Å². The fraction of sp³-hybridized carbons (Fsp3) is 0.509. The molecule has 2 heteroatoms. The zero-order valence-corrected chi connectivity index (χ0v) is 35.3. The van der Waals surface area contributed by atoms with Crippen molar-refractivity contribution in [2.45, 2.75) is 153 Å². The van der Waals surface area contributed by atoms with Gasteiger partial charge in [-0.1, -0.05) is 71.9 Å². The summed E-state index contributed by atoms with van der Waals surface area (Å²) in [5.41, 5.74) is 16.8. The highest BCUT2D eigenvalue weighted by atomic mass is 15.1. The summed E-state index contributed by atoms with van der Waals surface area (Å²) in [6.45, 7) is 19.7. The lowest BCUT2D eigenvalue weighted by atomic mass is 9.57. The van der Waals surface area contributed by atoms with E-state index in [9.17, 15) is 0 Å². The van der Waals surface area contributed by atoms with E-state index in [4.69, 9.17) is 0 Å². The highest BCUT2D eigenvalue weighted by Gasteiger charge is 2.59. The minimum Gasteiger partial charge on any atom is -0.200 e. The van der Waals surface area contributed by atoms with E-state index in [1.165, 1.54) is 82.9 Å². The monoisotopic (exact) mass is 729 g/mol. The van der Waals surface area contributed by atoms with Crippen molar-refractivity contribution in [3.05, 3.63) is 118 Å². The van der Waals surface area contributed by atoms with Gasteiger partial charge in [0.2, 0.25) is 11.4 Å². The highest BCUT2D eigenvalue weighted by molar-refractivity contribution is 5.86. The first-order valence-corrected chi connectivity index (χ1v) is 22.0. The Morgan fingerprint density at radius 1 is 0.673 bits per heavy atom. The first-order valence-electron chi connectivity index (χ1n) is 22.0. The van der Waals surface area contributed by atoms with Crippen LogP contribution in [0.2, 0.25) is 0 Å². The summed E-state index contributed by atoms with van der Waals surface area (Å²) in [6, 6.07) is 27.2. The maximum atomic E-state index is 2.68. The van der Waals surface area contributed by atoms with Gasteiger partial charge in [-0.05, 0) is 162 Å². The van der Waals surface area contributed by atoms with Gasteiger partial charge in [0.05, 0.1) is 11.0 Å². The Balaban J connectivity index is 1.14. The second kappa shape index (κ2) is 12.1. The van der Waals surface area contributed by atoms with Crippen molar-refractivity contribution in [3.8, 4) is 22.5 Å². The molecule has 0 amide bonds. The number of fused-ring (bicyclic) bond motifs is 5. The molecule has 11 rings (SSSR count). The Hall–Kier alpha value is -3.78. The number of hydrogen-bond acceptors (Lipinski definition) is 0. The lowest BCUT2D eigenvalue weighted by Crippen LogP contribution is -2.68. The zero-order chi connectivity index (χ0) is 38.2. The number of benzene rings is 3. The normalized spacial score (nSPS) is 29.1.